The van der Waals surface area contributed by atoms with Crippen molar-refractivity contribution in [2.24, 2.45) is 7.05 Å². The molecule has 0 saturated carbocycles. The molecule has 78 valence electrons. The Morgan fingerprint density at radius 2 is 2.13 bits per heavy atom. The summed E-state index contributed by atoms with van der Waals surface area (Å²) in [6.07, 6.45) is 1.61. The first kappa shape index (κ1) is 10.7. The molecule has 0 atom stereocenters. The molecule has 0 aliphatic heterocycles. The van der Waals surface area contributed by atoms with Crippen LogP contribution in [0.5, 0.6) is 0 Å². The van der Waals surface area contributed by atoms with Crippen LogP contribution in [0.4, 0.5) is 0 Å². The fraction of sp³-hybridized carbons (Fsp3) is 0.250. The van der Waals surface area contributed by atoms with Gasteiger partial charge in [-0.2, -0.15) is 0 Å². The maximum Gasteiger partial charge on any atom is 0.181 e. The molecule has 2 rings (SSSR count). The molecule has 0 bridgehead atoms. The van der Waals surface area contributed by atoms with Crippen LogP contribution in [0.1, 0.15) is 5.69 Å². The Morgan fingerprint density at radius 3 is 2.67 bits per heavy atom. The molecular formula is C8H7ClIN5. The monoisotopic (exact) mass is 335 g/mol. The average molecular weight is 336 g/mol. The molecule has 0 aliphatic carbocycles. The third-order valence-electron chi connectivity index (χ3n) is 1.92. The second kappa shape index (κ2) is 4.01. The Hall–Kier alpha value is -0.760. The smallest absolute Gasteiger partial charge is 0.181 e. The molecule has 7 heteroatoms. The van der Waals surface area contributed by atoms with Crippen molar-refractivity contribution in [3.05, 3.63) is 20.6 Å². The minimum Gasteiger partial charge on any atom is -0.245 e. The minimum absolute atomic E-state index is 0.458. The highest BCUT2D eigenvalue weighted by molar-refractivity contribution is 14.1. The fourth-order valence-electron chi connectivity index (χ4n) is 1.13. The fourth-order valence-corrected chi connectivity index (χ4v) is 1.59. The van der Waals surface area contributed by atoms with Crippen molar-refractivity contribution in [3.63, 3.8) is 0 Å². The van der Waals surface area contributed by atoms with E-state index in [0.717, 1.165) is 15.0 Å². The number of nitrogens with zero attached hydrogens (tertiary/aromatic N) is 5. The molecule has 15 heavy (non-hydrogen) atoms. The van der Waals surface area contributed by atoms with Crippen molar-refractivity contribution < 1.29 is 0 Å². The molecular weight excluding hydrogens is 328 g/mol. The van der Waals surface area contributed by atoms with Gasteiger partial charge in [-0.3, -0.25) is 0 Å². The van der Waals surface area contributed by atoms with Gasteiger partial charge in [-0.25, -0.2) is 14.6 Å². The van der Waals surface area contributed by atoms with Crippen LogP contribution >= 0.6 is 34.2 Å². The number of aromatic nitrogens is 5. The first-order valence-corrected chi connectivity index (χ1v) is 5.60. The topological polar surface area (TPSA) is 56.5 Å². The van der Waals surface area contributed by atoms with Crippen LogP contribution in [-0.4, -0.2) is 25.0 Å². The lowest BCUT2D eigenvalue weighted by Crippen LogP contribution is -2.01. The van der Waals surface area contributed by atoms with E-state index < -0.39 is 0 Å². The molecule has 0 unspecified atom stereocenters. The average Bonchev–Trinajstić information content (AvgIpc) is 2.60. The third kappa shape index (κ3) is 1.96. The number of hydrogen-bond acceptors (Lipinski definition) is 4. The van der Waals surface area contributed by atoms with Gasteiger partial charge >= 0.3 is 0 Å². The van der Waals surface area contributed by atoms with Gasteiger partial charge in [-0.05, 0) is 29.5 Å². The number of halogens is 2. The van der Waals surface area contributed by atoms with Gasteiger partial charge in [0.15, 0.2) is 5.82 Å². The molecule has 5 nitrogen and oxygen atoms in total. The Labute approximate surface area is 105 Å². The highest BCUT2D eigenvalue weighted by Crippen LogP contribution is 2.22. The minimum atomic E-state index is 0.458. The molecule has 0 aliphatic rings. The SMILES string of the molecule is Cc1nc(-c2cnnn2C)nc(Cl)c1I. The molecule has 0 aromatic carbocycles. The van der Waals surface area contributed by atoms with Crippen LogP contribution in [-0.2, 0) is 7.05 Å². The van der Waals surface area contributed by atoms with Crippen LogP contribution in [0.25, 0.3) is 11.5 Å². The van der Waals surface area contributed by atoms with E-state index in [4.69, 9.17) is 11.6 Å². The summed E-state index contributed by atoms with van der Waals surface area (Å²) in [5.74, 6) is 0.547. The first-order chi connectivity index (χ1) is 7.09. The Morgan fingerprint density at radius 1 is 1.40 bits per heavy atom. The standard InChI is InChI=1S/C8H7ClIN5/c1-4-6(10)7(9)13-8(12-4)5-3-11-14-15(5)2/h3H,1-2H3. The van der Waals surface area contributed by atoms with E-state index >= 15 is 0 Å². The van der Waals surface area contributed by atoms with Gasteiger partial charge in [0.05, 0.1) is 15.5 Å². The van der Waals surface area contributed by atoms with Crippen molar-refractivity contribution in [2.75, 3.05) is 0 Å². The normalized spacial score (nSPS) is 10.7. The summed E-state index contributed by atoms with van der Waals surface area (Å²) < 4.78 is 2.48. The van der Waals surface area contributed by atoms with E-state index in [1.807, 2.05) is 6.92 Å². The molecule has 0 radical (unpaired) electrons. The van der Waals surface area contributed by atoms with Crippen molar-refractivity contribution in [3.8, 4) is 11.5 Å². The second-order valence-corrected chi connectivity index (χ2v) is 4.42. The zero-order valence-electron chi connectivity index (χ0n) is 8.07. The highest BCUT2D eigenvalue weighted by Gasteiger charge is 2.11. The summed E-state index contributed by atoms with van der Waals surface area (Å²) in [5.41, 5.74) is 1.60. The van der Waals surface area contributed by atoms with Crippen molar-refractivity contribution in [1.82, 2.24) is 25.0 Å². The predicted molar refractivity (Wildman–Crippen MR) is 64.5 cm³/mol. The number of rotatable bonds is 1. The lowest BCUT2D eigenvalue weighted by atomic mass is 10.4. The van der Waals surface area contributed by atoms with Gasteiger partial charge in [-0.15, -0.1) is 5.10 Å². The highest BCUT2D eigenvalue weighted by atomic mass is 127. The van der Waals surface area contributed by atoms with Crippen LogP contribution < -0.4 is 0 Å². The van der Waals surface area contributed by atoms with E-state index in [0.29, 0.717) is 11.0 Å². The van der Waals surface area contributed by atoms with Crippen LogP contribution in [0.15, 0.2) is 6.20 Å². The summed E-state index contributed by atoms with van der Waals surface area (Å²) in [6.45, 7) is 1.89. The zero-order chi connectivity index (χ0) is 11.0. The van der Waals surface area contributed by atoms with Gasteiger partial charge in [0.25, 0.3) is 0 Å². The summed E-state index contributed by atoms with van der Waals surface area (Å²) in [4.78, 5) is 8.52. The summed E-state index contributed by atoms with van der Waals surface area (Å²) in [7, 11) is 1.78. The zero-order valence-corrected chi connectivity index (χ0v) is 11.0. The maximum absolute atomic E-state index is 5.98. The van der Waals surface area contributed by atoms with Crippen LogP contribution in [0.3, 0.4) is 0 Å². The van der Waals surface area contributed by atoms with Gasteiger partial charge in [0.2, 0.25) is 0 Å². The predicted octanol–water partition coefficient (Wildman–Crippen LogP) is 1.84. The molecule has 0 N–H and O–H groups in total. The van der Waals surface area contributed by atoms with Crippen molar-refractivity contribution >= 4 is 34.2 Å². The Bertz CT molecular complexity index is 486. The van der Waals surface area contributed by atoms with Gasteiger partial charge < -0.3 is 0 Å². The lowest BCUT2D eigenvalue weighted by molar-refractivity contribution is 0.717. The van der Waals surface area contributed by atoms with Crippen molar-refractivity contribution in [2.45, 2.75) is 6.92 Å². The Kier molecular flexibility index (Phi) is 2.87. The maximum atomic E-state index is 5.98. The number of hydrogen-bond donors (Lipinski definition) is 0. The molecule has 0 amide bonds. The number of aryl methyl sites for hydroxylation is 2. The first-order valence-electron chi connectivity index (χ1n) is 4.14. The van der Waals surface area contributed by atoms with Crippen LogP contribution in [0.2, 0.25) is 5.15 Å². The molecule has 2 heterocycles. The largest absolute Gasteiger partial charge is 0.245 e. The van der Waals surface area contributed by atoms with E-state index in [2.05, 4.69) is 42.9 Å². The quantitative estimate of drug-likeness (QED) is 0.589. The molecule has 0 saturated heterocycles. The molecule has 2 aromatic rings. The third-order valence-corrected chi connectivity index (χ3v) is 3.80. The van der Waals surface area contributed by atoms with E-state index in [-0.39, 0.29) is 0 Å². The molecule has 0 spiro atoms. The summed E-state index contributed by atoms with van der Waals surface area (Å²) >= 11 is 8.10. The van der Waals surface area contributed by atoms with Gasteiger partial charge in [0, 0.05) is 7.05 Å². The van der Waals surface area contributed by atoms with Crippen LogP contribution in [0, 0.1) is 10.5 Å². The Balaban J connectivity index is 2.60. The molecule has 2 aromatic heterocycles. The van der Waals surface area contributed by atoms with E-state index in [1.54, 1.807) is 17.9 Å². The summed E-state index contributed by atoms with van der Waals surface area (Å²) in [5, 5.41) is 8.04. The van der Waals surface area contributed by atoms with E-state index in [9.17, 15) is 0 Å². The lowest BCUT2D eigenvalue weighted by Gasteiger charge is -2.03. The summed E-state index contributed by atoms with van der Waals surface area (Å²) in [6, 6.07) is 0. The van der Waals surface area contributed by atoms with Gasteiger partial charge in [-0.1, -0.05) is 16.8 Å². The second-order valence-electron chi connectivity index (χ2n) is 2.98. The molecule has 0 fully saturated rings. The van der Waals surface area contributed by atoms with Gasteiger partial charge in [0.1, 0.15) is 10.8 Å². The van der Waals surface area contributed by atoms with E-state index in [1.165, 1.54) is 0 Å². The van der Waals surface area contributed by atoms with Crippen molar-refractivity contribution in [1.29, 1.82) is 0 Å².